The summed E-state index contributed by atoms with van der Waals surface area (Å²) in [5.41, 5.74) is 0.727. The lowest BCUT2D eigenvalue weighted by Crippen LogP contribution is -2.09. The van der Waals surface area contributed by atoms with E-state index < -0.39 is 4.92 Å². The zero-order chi connectivity index (χ0) is 13.4. The highest BCUT2D eigenvalue weighted by Gasteiger charge is 2.08. The molecule has 0 radical (unpaired) electrons. The van der Waals surface area contributed by atoms with Crippen LogP contribution in [-0.2, 0) is 4.74 Å². The SMILES string of the molecule is Cc1cc([N+](=O)[O-])cnc1NCCCOCCO. The van der Waals surface area contributed by atoms with Crippen LogP contribution in [0.5, 0.6) is 0 Å². The number of rotatable bonds is 8. The molecule has 0 saturated carbocycles. The number of aryl methyl sites for hydroxylation is 1. The second-order valence-corrected chi connectivity index (χ2v) is 3.73. The average molecular weight is 255 g/mol. The third-order valence-electron chi connectivity index (χ3n) is 2.27. The molecule has 100 valence electrons. The normalized spacial score (nSPS) is 10.3. The molecule has 0 aliphatic heterocycles. The summed E-state index contributed by atoms with van der Waals surface area (Å²) in [5, 5.41) is 22.1. The summed E-state index contributed by atoms with van der Waals surface area (Å²) in [6.07, 6.45) is 2.01. The first-order valence-corrected chi connectivity index (χ1v) is 5.68. The zero-order valence-corrected chi connectivity index (χ0v) is 10.3. The van der Waals surface area contributed by atoms with Gasteiger partial charge < -0.3 is 15.2 Å². The molecule has 18 heavy (non-hydrogen) atoms. The molecule has 7 nitrogen and oxygen atoms in total. The van der Waals surface area contributed by atoms with Crippen molar-refractivity contribution in [2.75, 3.05) is 31.7 Å². The van der Waals surface area contributed by atoms with Gasteiger partial charge in [0.15, 0.2) is 0 Å². The van der Waals surface area contributed by atoms with Gasteiger partial charge in [-0.05, 0) is 18.9 Å². The van der Waals surface area contributed by atoms with Gasteiger partial charge in [0.2, 0.25) is 0 Å². The van der Waals surface area contributed by atoms with Crippen molar-refractivity contribution in [3.8, 4) is 0 Å². The molecule has 7 heteroatoms. The molecule has 0 unspecified atom stereocenters. The fourth-order valence-corrected chi connectivity index (χ4v) is 1.39. The van der Waals surface area contributed by atoms with Gasteiger partial charge in [0, 0.05) is 19.2 Å². The summed E-state index contributed by atoms with van der Waals surface area (Å²) < 4.78 is 5.10. The Bertz CT molecular complexity index is 398. The second kappa shape index (κ2) is 7.57. The first kappa shape index (κ1) is 14.3. The lowest BCUT2D eigenvalue weighted by atomic mass is 10.2. The Hall–Kier alpha value is -1.73. The number of anilines is 1. The highest BCUT2D eigenvalue weighted by atomic mass is 16.6. The number of hydrogen-bond donors (Lipinski definition) is 2. The van der Waals surface area contributed by atoms with Crippen molar-refractivity contribution >= 4 is 11.5 Å². The fraction of sp³-hybridized carbons (Fsp3) is 0.545. The van der Waals surface area contributed by atoms with Crippen LogP contribution in [-0.4, -0.2) is 41.4 Å². The van der Waals surface area contributed by atoms with Crippen molar-refractivity contribution in [1.29, 1.82) is 0 Å². The largest absolute Gasteiger partial charge is 0.394 e. The van der Waals surface area contributed by atoms with Crippen LogP contribution in [0.3, 0.4) is 0 Å². The molecule has 0 atom stereocenters. The molecule has 0 aromatic carbocycles. The topological polar surface area (TPSA) is 97.5 Å². The van der Waals surface area contributed by atoms with Crippen molar-refractivity contribution in [2.45, 2.75) is 13.3 Å². The molecule has 0 amide bonds. The molecular weight excluding hydrogens is 238 g/mol. The Kier molecular flexibility index (Phi) is 6.03. The van der Waals surface area contributed by atoms with Crippen molar-refractivity contribution in [3.05, 3.63) is 27.9 Å². The van der Waals surface area contributed by atoms with Gasteiger partial charge in [-0.25, -0.2) is 4.98 Å². The number of nitrogens with zero attached hydrogens (tertiary/aromatic N) is 2. The van der Waals surface area contributed by atoms with E-state index in [1.54, 1.807) is 6.92 Å². The molecule has 1 aromatic rings. The van der Waals surface area contributed by atoms with Crippen LogP contribution >= 0.6 is 0 Å². The summed E-state index contributed by atoms with van der Waals surface area (Å²) in [4.78, 5) is 14.1. The van der Waals surface area contributed by atoms with E-state index in [0.717, 1.165) is 12.0 Å². The van der Waals surface area contributed by atoms with Crippen LogP contribution in [0.2, 0.25) is 0 Å². The first-order chi connectivity index (χ1) is 8.65. The Morgan fingerprint density at radius 3 is 2.94 bits per heavy atom. The van der Waals surface area contributed by atoms with E-state index in [0.29, 0.717) is 25.6 Å². The number of pyridine rings is 1. The van der Waals surface area contributed by atoms with Gasteiger partial charge in [-0.2, -0.15) is 0 Å². The lowest BCUT2D eigenvalue weighted by Gasteiger charge is -2.08. The van der Waals surface area contributed by atoms with Crippen LogP contribution in [0.15, 0.2) is 12.3 Å². The molecule has 0 fully saturated rings. The predicted octanol–water partition coefficient (Wildman–Crippen LogP) is 1.11. The average Bonchev–Trinajstić information content (AvgIpc) is 2.35. The van der Waals surface area contributed by atoms with E-state index in [1.165, 1.54) is 12.3 Å². The summed E-state index contributed by atoms with van der Waals surface area (Å²) in [6.45, 7) is 3.35. The number of aliphatic hydroxyl groups is 1. The van der Waals surface area contributed by atoms with E-state index in [4.69, 9.17) is 9.84 Å². The molecule has 1 rings (SSSR count). The number of ether oxygens (including phenoxy) is 1. The number of aliphatic hydroxyl groups excluding tert-OH is 1. The zero-order valence-electron chi connectivity index (χ0n) is 10.3. The maximum atomic E-state index is 10.5. The smallest absolute Gasteiger partial charge is 0.287 e. The van der Waals surface area contributed by atoms with Gasteiger partial charge in [-0.15, -0.1) is 0 Å². The summed E-state index contributed by atoms with van der Waals surface area (Å²) in [5.74, 6) is 0.641. The molecular formula is C11H17N3O4. The van der Waals surface area contributed by atoms with E-state index in [-0.39, 0.29) is 12.3 Å². The first-order valence-electron chi connectivity index (χ1n) is 5.68. The molecule has 2 N–H and O–H groups in total. The fourth-order valence-electron chi connectivity index (χ4n) is 1.39. The van der Waals surface area contributed by atoms with E-state index in [9.17, 15) is 10.1 Å². The van der Waals surface area contributed by atoms with Crippen molar-refractivity contribution in [1.82, 2.24) is 4.98 Å². The van der Waals surface area contributed by atoms with Gasteiger partial charge in [0.05, 0.1) is 18.1 Å². The predicted molar refractivity (Wildman–Crippen MR) is 66.6 cm³/mol. The third kappa shape index (κ3) is 4.64. The molecule has 0 aliphatic rings. The molecule has 0 bridgehead atoms. The number of hydrogen-bond acceptors (Lipinski definition) is 6. The van der Waals surface area contributed by atoms with Gasteiger partial charge in [-0.3, -0.25) is 10.1 Å². The van der Waals surface area contributed by atoms with Crippen LogP contribution in [0.25, 0.3) is 0 Å². The minimum absolute atomic E-state index is 0.00988. The number of nitrogens with one attached hydrogen (secondary N) is 1. The summed E-state index contributed by atoms with van der Waals surface area (Å²) in [6, 6.07) is 1.48. The van der Waals surface area contributed by atoms with Crippen LogP contribution in [0.1, 0.15) is 12.0 Å². The Morgan fingerprint density at radius 2 is 2.33 bits per heavy atom. The number of aromatic nitrogens is 1. The highest BCUT2D eigenvalue weighted by Crippen LogP contribution is 2.17. The Balaban J connectivity index is 2.36. The van der Waals surface area contributed by atoms with Crippen LogP contribution in [0, 0.1) is 17.0 Å². The highest BCUT2D eigenvalue weighted by molar-refractivity contribution is 5.48. The van der Waals surface area contributed by atoms with Gasteiger partial charge in [0.25, 0.3) is 5.69 Å². The molecule has 1 aromatic heterocycles. The maximum absolute atomic E-state index is 10.5. The third-order valence-corrected chi connectivity index (χ3v) is 2.27. The van der Waals surface area contributed by atoms with Crippen molar-refractivity contribution in [3.63, 3.8) is 0 Å². The minimum atomic E-state index is -0.466. The van der Waals surface area contributed by atoms with E-state index in [2.05, 4.69) is 10.3 Å². The second-order valence-electron chi connectivity index (χ2n) is 3.73. The standard InChI is InChI=1S/C11H17N3O4/c1-9-7-10(14(16)17)8-13-11(9)12-3-2-5-18-6-4-15/h7-8,15H,2-6H2,1H3,(H,12,13). The number of nitro groups is 1. The lowest BCUT2D eigenvalue weighted by molar-refractivity contribution is -0.385. The van der Waals surface area contributed by atoms with Gasteiger partial charge in [-0.1, -0.05) is 0 Å². The Labute approximate surface area is 105 Å². The minimum Gasteiger partial charge on any atom is -0.394 e. The van der Waals surface area contributed by atoms with Crippen LogP contribution in [0.4, 0.5) is 11.5 Å². The maximum Gasteiger partial charge on any atom is 0.287 e. The Morgan fingerprint density at radius 1 is 1.56 bits per heavy atom. The summed E-state index contributed by atoms with van der Waals surface area (Å²) in [7, 11) is 0. The monoisotopic (exact) mass is 255 g/mol. The molecule has 0 saturated heterocycles. The molecule has 0 spiro atoms. The van der Waals surface area contributed by atoms with E-state index >= 15 is 0 Å². The van der Waals surface area contributed by atoms with Gasteiger partial charge in [0.1, 0.15) is 12.0 Å². The molecule has 0 aliphatic carbocycles. The van der Waals surface area contributed by atoms with Crippen LogP contribution < -0.4 is 5.32 Å². The van der Waals surface area contributed by atoms with Crippen molar-refractivity contribution in [2.24, 2.45) is 0 Å². The summed E-state index contributed by atoms with van der Waals surface area (Å²) >= 11 is 0. The van der Waals surface area contributed by atoms with Gasteiger partial charge >= 0.3 is 0 Å². The van der Waals surface area contributed by atoms with E-state index in [1.807, 2.05) is 0 Å². The quantitative estimate of drug-likeness (QED) is 0.410. The van der Waals surface area contributed by atoms with Crippen molar-refractivity contribution < 1.29 is 14.8 Å². The molecule has 1 heterocycles.